The SMILES string of the molecule is CC[S@@](=O)c1ccccc1C(=O)O[C@@H](C)C(=O)Nc1c(F)cccc1F. The maximum atomic E-state index is 13.6. The van der Waals surface area contributed by atoms with Crippen LogP contribution < -0.4 is 5.32 Å². The molecule has 138 valence electrons. The van der Waals surface area contributed by atoms with Crippen LogP contribution in [-0.2, 0) is 20.3 Å². The molecule has 2 rings (SSSR count). The molecule has 0 heterocycles. The molecule has 2 atom stereocenters. The molecule has 2 aromatic carbocycles. The van der Waals surface area contributed by atoms with E-state index in [0.717, 1.165) is 18.2 Å². The normalized spacial score (nSPS) is 12.9. The lowest BCUT2D eigenvalue weighted by Gasteiger charge is -2.15. The first-order valence-corrected chi connectivity index (χ1v) is 9.10. The van der Waals surface area contributed by atoms with Crippen molar-refractivity contribution in [1.82, 2.24) is 0 Å². The van der Waals surface area contributed by atoms with E-state index in [9.17, 15) is 22.6 Å². The largest absolute Gasteiger partial charge is 0.449 e. The van der Waals surface area contributed by atoms with Gasteiger partial charge in [0.2, 0.25) is 0 Å². The highest BCUT2D eigenvalue weighted by Gasteiger charge is 2.23. The molecular formula is C18H17F2NO4S. The van der Waals surface area contributed by atoms with Gasteiger partial charge >= 0.3 is 5.97 Å². The summed E-state index contributed by atoms with van der Waals surface area (Å²) in [6.45, 7) is 2.97. The third-order valence-corrected chi connectivity index (χ3v) is 4.85. The Morgan fingerprint density at radius 3 is 2.35 bits per heavy atom. The maximum absolute atomic E-state index is 13.6. The molecule has 5 nitrogen and oxygen atoms in total. The predicted octanol–water partition coefficient (Wildman–Crippen LogP) is 3.28. The Morgan fingerprint density at radius 1 is 1.12 bits per heavy atom. The van der Waals surface area contributed by atoms with Crippen LogP contribution in [0.3, 0.4) is 0 Å². The zero-order valence-corrected chi connectivity index (χ0v) is 14.9. The van der Waals surface area contributed by atoms with Crippen molar-refractivity contribution in [3.05, 3.63) is 59.7 Å². The number of para-hydroxylation sites is 1. The second-order valence-corrected chi connectivity index (χ2v) is 6.97. The quantitative estimate of drug-likeness (QED) is 0.780. The van der Waals surface area contributed by atoms with E-state index in [4.69, 9.17) is 4.74 Å². The first-order chi connectivity index (χ1) is 12.3. The van der Waals surface area contributed by atoms with E-state index < -0.39 is 46.1 Å². The fourth-order valence-corrected chi connectivity index (χ4v) is 3.05. The lowest BCUT2D eigenvalue weighted by atomic mass is 10.2. The fourth-order valence-electron chi connectivity index (χ4n) is 2.11. The Kier molecular flexibility index (Phi) is 6.57. The molecule has 0 aliphatic heterocycles. The van der Waals surface area contributed by atoms with Gasteiger partial charge in [0.1, 0.15) is 17.3 Å². The number of carbonyl (C=O) groups excluding carboxylic acids is 2. The predicted molar refractivity (Wildman–Crippen MR) is 93.3 cm³/mol. The van der Waals surface area contributed by atoms with Gasteiger partial charge in [-0.3, -0.25) is 9.00 Å². The highest BCUT2D eigenvalue weighted by molar-refractivity contribution is 7.85. The molecule has 2 aromatic rings. The highest BCUT2D eigenvalue weighted by atomic mass is 32.2. The van der Waals surface area contributed by atoms with E-state index in [1.54, 1.807) is 19.1 Å². The summed E-state index contributed by atoms with van der Waals surface area (Å²) in [5, 5.41) is 2.06. The van der Waals surface area contributed by atoms with Crippen molar-refractivity contribution in [2.24, 2.45) is 0 Å². The Hall–Kier alpha value is -2.61. The summed E-state index contributed by atoms with van der Waals surface area (Å²) in [6.07, 6.45) is -1.32. The monoisotopic (exact) mass is 381 g/mol. The average Bonchev–Trinajstić information content (AvgIpc) is 2.63. The molecule has 0 fully saturated rings. The number of esters is 1. The number of rotatable bonds is 6. The van der Waals surface area contributed by atoms with E-state index in [1.807, 2.05) is 0 Å². The summed E-state index contributed by atoms with van der Waals surface area (Å²) in [7, 11) is -1.39. The van der Waals surface area contributed by atoms with Gasteiger partial charge in [-0.2, -0.15) is 0 Å². The molecule has 0 spiro atoms. The number of carbonyl (C=O) groups is 2. The minimum Gasteiger partial charge on any atom is -0.449 e. The topological polar surface area (TPSA) is 72.5 Å². The summed E-state index contributed by atoms with van der Waals surface area (Å²) >= 11 is 0. The van der Waals surface area contributed by atoms with E-state index in [0.29, 0.717) is 10.6 Å². The van der Waals surface area contributed by atoms with E-state index in [-0.39, 0.29) is 5.56 Å². The van der Waals surface area contributed by atoms with Crippen molar-refractivity contribution in [3.63, 3.8) is 0 Å². The van der Waals surface area contributed by atoms with Gasteiger partial charge in [0, 0.05) is 5.75 Å². The smallest absolute Gasteiger partial charge is 0.340 e. The minimum absolute atomic E-state index is 0.0735. The summed E-state index contributed by atoms with van der Waals surface area (Å²) in [5.41, 5.74) is -0.544. The lowest BCUT2D eigenvalue weighted by Crippen LogP contribution is -2.31. The molecule has 0 aliphatic carbocycles. The fraction of sp³-hybridized carbons (Fsp3) is 0.222. The van der Waals surface area contributed by atoms with E-state index >= 15 is 0 Å². The van der Waals surface area contributed by atoms with Crippen LogP contribution in [-0.4, -0.2) is 27.9 Å². The number of benzene rings is 2. The number of hydrogen-bond acceptors (Lipinski definition) is 4. The molecule has 26 heavy (non-hydrogen) atoms. The van der Waals surface area contributed by atoms with Crippen molar-refractivity contribution < 1.29 is 27.3 Å². The molecule has 0 radical (unpaired) electrons. The molecule has 0 saturated heterocycles. The van der Waals surface area contributed by atoms with Crippen LogP contribution in [0, 0.1) is 11.6 Å². The summed E-state index contributed by atoms with van der Waals surface area (Å²) in [4.78, 5) is 24.7. The first kappa shape index (κ1) is 19.7. The Labute approximate surface area is 151 Å². The summed E-state index contributed by atoms with van der Waals surface area (Å²) < 4.78 is 44.2. The molecule has 0 bridgehead atoms. The molecular weight excluding hydrogens is 364 g/mol. The average molecular weight is 381 g/mol. The number of amides is 1. The van der Waals surface area contributed by atoms with Crippen molar-refractivity contribution in [3.8, 4) is 0 Å². The second kappa shape index (κ2) is 8.66. The van der Waals surface area contributed by atoms with Gasteiger partial charge in [-0.05, 0) is 31.2 Å². The number of ether oxygens (including phenoxy) is 1. The lowest BCUT2D eigenvalue weighted by molar-refractivity contribution is -0.123. The van der Waals surface area contributed by atoms with Gasteiger partial charge < -0.3 is 10.1 Å². The van der Waals surface area contributed by atoms with Gasteiger partial charge in [0.15, 0.2) is 6.10 Å². The van der Waals surface area contributed by atoms with Crippen LogP contribution >= 0.6 is 0 Å². The Bertz CT molecular complexity index is 837. The second-order valence-electron chi connectivity index (χ2n) is 5.26. The van der Waals surface area contributed by atoms with Crippen LogP contribution in [0.5, 0.6) is 0 Å². The van der Waals surface area contributed by atoms with E-state index in [1.165, 1.54) is 19.1 Å². The third-order valence-electron chi connectivity index (χ3n) is 3.48. The maximum Gasteiger partial charge on any atom is 0.340 e. The van der Waals surface area contributed by atoms with Crippen LogP contribution in [0.4, 0.5) is 14.5 Å². The standard InChI is InChI=1S/C18H17F2NO4S/c1-3-26(24)15-10-5-4-7-12(15)18(23)25-11(2)17(22)21-16-13(19)8-6-9-14(16)20/h4-11H,3H2,1-2H3,(H,21,22)/t11-,26+/m0/s1. The van der Waals surface area contributed by atoms with Crippen molar-refractivity contribution in [2.45, 2.75) is 24.8 Å². The van der Waals surface area contributed by atoms with Crippen LogP contribution in [0.15, 0.2) is 47.4 Å². The third kappa shape index (κ3) is 4.51. The van der Waals surface area contributed by atoms with Crippen molar-refractivity contribution in [2.75, 3.05) is 11.1 Å². The van der Waals surface area contributed by atoms with Crippen LogP contribution in [0.2, 0.25) is 0 Å². The molecule has 1 N–H and O–H groups in total. The Morgan fingerprint density at radius 2 is 1.73 bits per heavy atom. The van der Waals surface area contributed by atoms with Crippen molar-refractivity contribution >= 4 is 28.4 Å². The molecule has 0 aromatic heterocycles. The van der Waals surface area contributed by atoms with Gasteiger partial charge in [0.25, 0.3) is 5.91 Å². The van der Waals surface area contributed by atoms with Crippen LogP contribution in [0.1, 0.15) is 24.2 Å². The number of anilines is 1. The zero-order chi connectivity index (χ0) is 19.3. The highest BCUT2D eigenvalue weighted by Crippen LogP contribution is 2.19. The van der Waals surface area contributed by atoms with Crippen molar-refractivity contribution in [1.29, 1.82) is 0 Å². The number of halogens is 2. The molecule has 1 amide bonds. The Balaban J connectivity index is 2.12. The minimum atomic E-state index is -1.39. The number of nitrogens with one attached hydrogen (secondary N) is 1. The summed E-state index contributed by atoms with van der Waals surface area (Å²) in [6, 6.07) is 9.33. The van der Waals surface area contributed by atoms with Gasteiger partial charge in [-0.1, -0.05) is 25.1 Å². The van der Waals surface area contributed by atoms with Crippen LogP contribution in [0.25, 0.3) is 0 Å². The molecule has 8 heteroatoms. The zero-order valence-electron chi connectivity index (χ0n) is 14.1. The number of hydrogen-bond donors (Lipinski definition) is 1. The molecule has 0 aliphatic rings. The van der Waals surface area contributed by atoms with Gasteiger partial charge in [-0.15, -0.1) is 0 Å². The molecule has 0 saturated carbocycles. The van der Waals surface area contributed by atoms with Gasteiger partial charge in [-0.25, -0.2) is 13.6 Å². The van der Waals surface area contributed by atoms with E-state index in [2.05, 4.69) is 5.32 Å². The van der Waals surface area contributed by atoms with Gasteiger partial charge in [0.05, 0.1) is 21.3 Å². The summed E-state index contributed by atoms with van der Waals surface area (Å²) in [5.74, 6) is -3.32. The first-order valence-electron chi connectivity index (χ1n) is 7.78. The molecule has 0 unspecified atom stereocenters.